The summed E-state index contributed by atoms with van der Waals surface area (Å²) in [6, 6.07) is 14.3. The van der Waals surface area contributed by atoms with Gasteiger partial charge in [-0.3, -0.25) is 0 Å². The number of hydrogen-bond donors (Lipinski definition) is 2. The van der Waals surface area contributed by atoms with Crippen molar-refractivity contribution >= 4 is 16.1 Å². The monoisotopic (exact) mass is 434 g/mol. The number of likely N-dealkylation sites (tertiary alicyclic amines) is 1. The van der Waals surface area contributed by atoms with Gasteiger partial charge in [0.25, 0.3) is 0 Å². The van der Waals surface area contributed by atoms with Crippen LogP contribution in [0.25, 0.3) is 0 Å². The van der Waals surface area contributed by atoms with Gasteiger partial charge in [-0.2, -0.15) is 0 Å². The number of nitrogens with one attached hydrogen (secondary N) is 1. The summed E-state index contributed by atoms with van der Waals surface area (Å²) in [6.07, 6.45) is -1.63. The Bertz CT molecular complexity index is 971. The molecule has 2 atom stereocenters. The SMILES string of the molecule is CC(C)(C)OC(=O)N1C[C@H](NS(=O)(=O)c2ccc(Oc3ccccc3)cc2)[C@@H](O)C1. The number of aliphatic hydroxyl groups excluding tert-OH is 1. The molecule has 1 amide bonds. The van der Waals surface area contributed by atoms with Gasteiger partial charge in [0.05, 0.1) is 23.6 Å². The van der Waals surface area contributed by atoms with Crippen molar-refractivity contribution in [3.05, 3.63) is 54.6 Å². The van der Waals surface area contributed by atoms with Crippen molar-refractivity contribution in [3.63, 3.8) is 0 Å². The van der Waals surface area contributed by atoms with Gasteiger partial charge in [0.2, 0.25) is 10.0 Å². The quantitative estimate of drug-likeness (QED) is 0.750. The minimum absolute atomic E-state index is 0.00798. The average Bonchev–Trinajstić information content (AvgIpc) is 3.02. The maximum Gasteiger partial charge on any atom is 0.410 e. The van der Waals surface area contributed by atoms with E-state index in [0.717, 1.165) is 0 Å². The number of rotatable bonds is 5. The third kappa shape index (κ3) is 5.71. The highest BCUT2D eigenvalue weighted by atomic mass is 32.2. The molecule has 0 unspecified atom stereocenters. The van der Waals surface area contributed by atoms with Crippen molar-refractivity contribution in [2.24, 2.45) is 0 Å². The number of benzene rings is 2. The molecule has 1 aliphatic rings. The molecule has 1 fully saturated rings. The highest BCUT2D eigenvalue weighted by Crippen LogP contribution is 2.23. The van der Waals surface area contributed by atoms with Crippen LogP contribution in [0, 0.1) is 0 Å². The van der Waals surface area contributed by atoms with Crippen LogP contribution in [-0.4, -0.2) is 55.4 Å². The smallest absolute Gasteiger partial charge is 0.410 e. The Morgan fingerprint density at radius 3 is 2.23 bits per heavy atom. The summed E-state index contributed by atoms with van der Waals surface area (Å²) in [5.41, 5.74) is -0.677. The average molecular weight is 435 g/mol. The fourth-order valence-corrected chi connectivity index (χ4v) is 4.22. The third-order valence-corrected chi connectivity index (χ3v) is 5.87. The molecule has 0 bridgehead atoms. The summed E-state index contributed by atoms with van der Waals surface area (Å²) in [6.45, 7) is 5.23. The lowest BCUT2D eigenvalue weighted by atomic mass is 10.2. The first-order chi connectivity index (χ1) is 14.0. The highest BCUT2D eigenvalue weighted by molar-refractivity contribution is 7.89. The van der Waals surface area contributed by atoms with Crippen molar-refractivity contribution in [2.45, 2.75) is 43.4 Å². The Kier molecular flexibility index (Phi) is 6.35. The summed E-state index contributed by atoms with van der Waals surface area (Å²) >= 11 is 0. The van der Waals surface area contributed by atoms with Crippen molar-refractivity contribution in [3.8, 4) is 11.5 Å². The Hall–Kier alpha value is -2.62. The van der Waals surface area contributed by atoms with E-state index >= 15 is 0 Å². The normalized spacial score (nSPS) is 19.5. The van der Waals surface area contributed by atoms with Crippen LogP contribution in [0.3, 0.4) is 0 Å². The molecule has 0 saturated carbocycles. The Morgan fingerprint density at radius 2 is 1.63 bits per heavy atom. The van der Waals surface area contributed by atoms with E-state index in [-0.39, 0.29) is 18.0 Å². The van der Waals surface area contributed by atoms with Gasteiger partial charge in [-0.15, -0.1) is 0 Å². The summed E-state index contributed by atoms with van der Waals surface area (Å²) in [5.74, 6) is 1.14. The fraction of sp³-hybridized carbons (Fsp3) is 0.381. The molecule has 2 N–H and O–H groups in total. The van der Waals surface area contributed by atoms with Crippen LogP contribution in [0.1, 0.15) is 20.8 Å². The lowest BCUT2D eigenvalue weighted by Gasteiger charge is -2.24. The summed E-state index contributed by atoms with van der Waals surface area (Å²) in [4.78, 5) is 13.5. The van der Waals surface area contributed by atoms with Crippen molar-refractivity contribution in [2.75, 3.05) is 13.1 Å². The van der Waals surface area contributed by atoms with Crippen molar-refractivity contribution in [1.82, 2.24) is 9.62 Å². The molecular formula is C21H26N2O6S. The number of carbonyl (C=O) groups excluding carboxylic acids is 1. The van der Waals surface area contributed by atoms with Crippen molar-refractivity contribution in [1.29, 1.82) is 0 Å². The van der Waals surface area contributed by atoms with Crippen LogP contribution in [0.15, 0.2) is 59.5 Å². The number of nitrogens with zero attached hydrogens (tertiary/aromatic N) is 1. The van der Waals surface area contributed by atoms with Crippen LogP contribution < -0.4 is 9.46 Å². The standard InChI is InChI=1S/C21H26N2O6S/c1-21(2,3)29-20(25)23-13-18(19(24)14-23)22-30(26,27)17-11-9-16(10-12-17)28-15-7-5-4-6-8-15/h4-12,18-19,22,24H,13-14H2,1-3H3/t18-,19-/m0/s1. The molecule has 3 rings (SSSR count). The number of ether oxygens (including phenoxy) is 2. The maximum absolute atomic E-state index is 12.7. The Labute approximate surface area is 176 Å². The second-order valence-electron chi connectivity index (χ2n) is 8.07. The zero-order valence-corrected chi connectivity index (χ0v) is 17.9. The summed E-state index contributed by atoms with van der Waals surface area (Å²) < 4.78 is 38.8. The Morgan fingerprint density at radius 1 is 1.03 bits per heavy atom. The van der Waals surface area contributed by atoms with E-state index < -0.39 is 33.9 Å². The lowest BCUT2D eigenvalue weighted by molar-refractivity contribution is 0.0270. The molecule has 0 spiro atoms. The minimum atomic E-state index is -3.89. The van der Waals surface area contributed by atoms with Gasteiger partial charge >= 0.3 is 6.09 Å². The summed E-state index contributed by atoms with van der Waals surface area (Å²) in [5, 5.41) is 10.2. The molecule has 2 aromatic rings. The van der Waals surface area contributed by atoms with E-state index in [4.69, 9.17) is 9.47 Å². The zero-order valence-electron chi connectivity index (χ0n) is 17.1. The van der Waals surface area contributed by atoms with Crippen LogP contribution in [-0.2, 0) is 14.8 Å². The van der Waals surface area contributed by atoms with Gasteiger partial charge in [-0.25, -0.2) is 17.9 Å². The largest absolute Gasteiger partial charge is 0.457 e. The second-order valence-corrected chi connectivity index (χ2v) is 9.78. The van der Waals surface area contributed by atoms with Crippen molar-refractivity contribution < 1.29 is 27.8 Å². The van der Waals surface area contributed by atoms with Gasteiger partial charge < -0.3 is 19.5 Å². The number of carbonyl (C=O) groups is 1. The predicted molar refractivity (Wildman–Crippen MR) is 111 cm³/mol. The van der Waals surface area contributed by atoms with Gasteiger partial charge in [0, 0.05) is 6.54 Å². The molecule has 1 saturated heterocycles. The van der Waals surface area contributed by atoms with E-state index in [2.05, 4.69) is 4.72 Å². The van der Waals surface area contributed by atoms with Crippen LogP contribution in [0.2, 0.25) is 0 Å². The summed E-state index contributed by atoms with van der Waals surface area (Å²) in [7, 11) is -3.89. The van der Waals surface area contributed by atoms with Gasteiger partial charge in [-0.05, 0) is 57.2 Å². The van der Waals surface area contributed by atoms with E-state index in [1.807, 2.05) is 18.2 Å². The Balaban J connectivity index is 1.64. The first-order valence-corrected chi connectivity index (χ1v) is 11.0. The molecule has 1 heterocycles. The minimum Gasteiger partial charge on any atom is -0.457 e. The van der Waals surface area contributed by atoms with Gasteiger partial charge in [0.1, 0.15) is 17.1 Å². The molecule has 1 aliphatic heterocycles. The lowest BCUT2D eigenvalue weighted by Crippen LogP contribution is -2.43. The van der Waals surface area contributed by atoms with E-state index in [0.29, 0.717) is 11.5 Å². The molecule has 30 heavy (non-hydrogen) atoms. The van der Waals surface area contributed by atoms with Gasteiger partial charge in [0.15, 0.2) is 0 Å². The third-order valence-electron chi connectivity index (χ3n) is 4.36. The number of amides is 1. The zero-order chi connectivity index (χ0) is 21.9. The molecule has 0 aromatic heterocycles. The molecule has 162 valence electrons. The number of aliphatic hydroxyl groups is 1. The number of hydrogen-bond acceptors (Lipinski definition) is 6. The van der Waals surface area contributed by atoms with Crippen LogP contribution in [0.5, 0.6) is 11.5 Å². The number of β-amino-alcohol motifs (C(OH)–C–C–N with tert-alkyl or cyclic N) is 1. The van der Waals surface area contributed by atoms with Crippen LogP contribution >= 0.6 is 0 Å². The predicted octanol–water partition coefficient (Wildman–Crippen LogP) is 2.74. The first kappa shape index (κ1) is 22.1. The van der Waals surface area contributed by atoms with E-state index in [9.17, 15) is 18.3 Å². The molecule has 8 nitrogen and oxygen atoms in total. The number of para-hydroxylation sites is 1. The molecule has 9 heteroatoms. The molecule has 0 aliphatic carbocycles. The highest BCUT2D eigenvalue weighted by Gasteiger charge is 2.38. The van der Waals surface area contributed by atoms with Crippen LogP contribution in [0.4, 0.5) is 4.79 Å². The molecular weight excluding hydrogens is 408 g/mol. The van der Waals surface area contributed by atoms with E-state index in [1.54, 1.807) is 45.0 Å². The topological polar surface area (TPSA) is 105 Å². The second kappa shape index (κ2) is 8.63. The molecule has 0 radical (unpaired) electrons. The first-order valence-electron chi connectivity index (χ1n) is 9.55. The number of sulfonamides is 1. The van der Waals surface area contributed by atoms with Gasteiger partial charge in [-0.1, -0.05) is 18.2 Å². The fourth-order valence-electron chi connectivity index (χ4n) is 2.96. The maximum atomic E-state index is 12.7. The molecule has 2 aromatic carbocycles. The van der Waals surface area contributed by atoms with E-state index in [1.165, 1.54) is 17.0 Å².